The monoisotopic (exact) mass is 291 g/mol. The number of fused-ring (bicyclic) bond motifs is 1. The lowest BCUT2D eigenvalue weighted by molar-refractivity contribution is -0.356. The maximum Gasteiger partial charge on any atom is 0.316 e. The van der Waals surface area contributed by atoms with E-state index in [0.29, 0.717) is 5.84 Å². The van der Waals surface area contributed by atoms with E-state index >= 15 is 0 Å². The summed E-state index contributed by atoms with van der Waals surface area (Å²) in [6.07, 6.45) is 0. The van der Waals surface area contributed by atoms with Crippen LogP contribution in [-0.4, -0.2) is 10.8 Å². The summed E-state index contributed by atoms with van der Waals surface area (Å²) in [5.74, 6) is 6.37. The summed E-state index contributed by atoms with van der Waals surface area (Å²) in [6.45, 7) is 4.14. The number of hydrogen-bond donors (Lipinski definition) is 3. The van der Waals surface area contributed by atoms with E-state index in [1.54, 1.807) is 0 Å². The van der Waals surface area contributed by atoms with Gasteiger partial charge in [-0.3, -0.25) is 0 Å². The summed E-state index contributed by atoms with van der Waals surface area (Å²) in [7, 11) is 0. The van der Waals surface area contributed by atoms with Gasteiger partial charge in [0.15, 0.2) is 5.69 Å². The molecule has 0 aliphatic rings. The number of nitrogens with zero attached hydrogens (tertiary/aromatic N) is 1. The highest BCUT2D eigenvalue weighted by atomic mass is 15.3. The number of benzene rings is 2. The predicted octanol–water partition coefficient (Wildman–Crippen LogP) is 1.47. The molecule has 3 aromatic rings. The zero-order chi connectivity index (χ0) is 15.5. The van der Waals surface area contributed by atoms with E-state index in [2.05, 4.69) is 41.4 Å². The van der Waals surface area contributed by atoms with Crippen molar-refractivity contribution in [2.45, 2.75) is 13.8 Å². The molecule has 3 rings (SSSR count). The smallest absolute Gasteiger partial charge is 0.240 e. The lowest BCUT2D eigenvalue weighted by atomic mass is 10.1. The maximum absolute atomic E-state index is 5.69. The van der Waals surface area contributed by atoms with Gasteiger partial charge in [0.2, 0.25) is 0 Å². The van der Waals surface area contributed by atoms with Gasteiger partial charge in [0.1, 0.15) is 5.69 Å². The first-order valence-corrected chi connectivity index (χ1v) is 7.21. The standard InChI is InChI=1S/C18H18N4/c1-12-7-9-15(13(2)11-12)21-18(22-19)17-10-8-14-5-3-4-6-16(14)20-17/h3-11H,19H2,1-2H3,(H,21,22)/p+1. The van der Waals surface area contributed by atoms with Gasteiger partial charge in [-0.15, -0.1) is 0 Å². The molecule has 0 saturated carbocycles. The van der Waals surface area contributed by atoms with E-state index in [9.17, 15) is 0 Å². The fraction of sp³-hybridized carbons (Fsp3) is 0.111. The predicted molar refractivity (Wildman–Crippen MR) is 89.7 cm³/mol. The Morgan fingerprint density at radius 1 is 1.05 bits per heavy atom. The van der Waals surface area contributed by atoms with E-state index < -0.39 is 0 Å². The van der Waals surface area contributed by atoms with Crippen LogP contribution >= 0.6 is 0 Å². The number of nitrogens with two attached hydrogens (primary N) is 1. The van der Waals surface area contributed by atoms with Crippen molar-refractivity contribution < 1.29 is 4.99 Å². The lowest BCUT2D eigenvalue weighted by Gasteiger charge is -2.04. The van der Waals surface area contributed by atoms with Gasteiger partial charge in [0, 0.05) is 5.39 Å². The molecule has 4 nitrogen and oxygen atoms in total. The molecule has 0 aliphatic carbocycles. The van der Waals surface area contributed by atoms with Crippen LogP contribution in [0, 0.1) is 13.8 Å². The Labute approximate surface area is 129 Å². The van der Waals surface area contributed by atoms with Crippen molar-refractivity contribution in [3.63, 3.8) is 0 Å². The Balaban J connectivity index is 2.06. The highest BCUT2D eigenvalue weighted by Crippen LogP contribution is 2.12. The van der Waals surface area contributed by atoms with Crippen LogP contribution in [0.2, 0.25) is 0 Å². The van der Waals surface area contributed by atoms with Crippen molar-refractivity contribution in [2.24, 2.45) is 5.84 Å². The molecule has 4 heteroatoms. The quantitative estimate of drug-likeness (QED) is 0.290. The molecular formula is C18H19N4+. The minimum Gasteiger partial charge on any atom is -0.240 e. The highest BCUT2D eigenvalue weighted by Gasteiger charge is 2.12. The van der Waals surface area contributed by atoms with Crippen LogP contribution in [0.25, 0.3) is 10.9 Å². The third-order valence-corrected chi connectivity index (χ3v) is 3.64. The second kappa shape index (κ2) is 5.95. The molecule has 0 unspecified atom stereocenters. The summed E-state index contributed by atoms with van der Waals surface area (Å²) in [5.41, 5.74) is 7.83. The minimum atomic E-state index is 0.678. The van der Waals surface area contributed by atoms with Crippen LogP contribution in [0.1, 0.15) is 16.8 Å². The molecule has 0 aliphatic heterocycles. The molecule has 0 atom stereocenters. The summed E-state index contributed by atoms with van der Waals surface area (Å²) in [4.78, 5) is 7.97. The lowest BCUT2D eigenvalue weighted by Crippen LogP contribution is -2.72. The number of pyridine rings is 1. The fourth-order valence-electron chi connectivity index (χ4n) is 2.47. The van der Waals surface area contributed by atoms with Crippen LogP contribution < -0.4 is 16.3 Å². The average molecular weight is 291 g/mol. The number of aromatic nitrogens is 1. The van der Waals surface area contributed by atoms with Gasteiger partial charge in [-0.25, -0.2) is 9.98 Å². The van der Waals surface area contributed by atoms with E-state index in [1.165, 1.54) is 5.56 Å². The number of nitrogens with one attached hydrogen (secondary N) is 2. The van der Waals surface area contributed by atoms with Crippen molar-refractivity contribution in [3.8, 4) is 0 Å². The first-order chi connectivity index (χ1) is 10.7. The van der Waals surface area contributed by atoms with Crippen LogP contribution in [0.15, 0.2) is 54.6 Å². The number of para-hydroxylation sites is 1. The van der Waals surface area contributed by atoms with Crippen molar-refractivity contribution in [1.82, 2.24) is 10.4 Å². The third-order valence-electron chi connectivity index (χ3n) is 3.64. The highest BCUT2D eigenvalue weighted by molar-refractivity contribution is 5.95. The molecule has 0 radical (unpaired) electrons. The fourth-order valence-corrected chi connectivity index (χ4v) is 2.47. The number of hydrogen-bond acceptors (Lipinski definition) is 2. The summed E-state index contributed by atoms with van der Waals surface area (Å²) < 4.78 is 0. The van der Waals surface area contributed by atoms with Crippen molar-refractivity contribution in [1.29, 1.82) is 0 Å². The van der Waals surface area contributed by atoms with Gasteiger partial charge in [0.25, 0.3) is 0 Å². The van der Waals surface area contributed by atoms with Crippen LogP contribution in [0.5, 0.6) is 0 Å². The molecule has 0 bridgehead atoms. The van der Waals surface area contributed by atoms with Crippen molar-refractivity contribution >= 4 is 22.4 Å². The van der Waals surface area contributed by atoms with Crippen molar-refractivity contribution in [3.05, 3.63) is 71.4 Å². The number of hydrazine groups is 1. The van der Waals surface area contributed by atoms with E-state index in [1.807, 2.05) is 42.5 Å². The molecule has 0 fully saturated rings. The minimum absolute atomic E-state index is 0.678. The van der Waals surface area contributed by atoms with Gasteiger partial charge in [0.05, 0.1) is 5.52 Å². The Hall–Kier alpha value is -2.72. The molecule has 22 heavy (non-hydrogen) atoms. The number of amidine groups is 1. The number of rotatable bonds is 2. The topological polar surface area (TPSA) is 64.9 Å². The molecule has 0 saturated heterocycles. The van der Waals surface area contributed by atoms with Gasteiger partial charge < -0.3 is 0 Å². The van der Waals surface area contributed by atoms with E-state index in [-0.39, 0.29) is 0 Å². The van der Waals surface area contributed by atoms with Gasteiger partial charge >= 0.3 is 5.84 Å². The normalized spacial score (nSPS) is 11.7. The van der Waals surface area contributed by atoms with Crippen molar-refractivity contribution in [2.75, 3.05) is 0 Å². The Kier molecular flexibility index (Phi) is 3.85. The second-order valence-electron chi connectivity index (χ2n) is 5.35. The molecule has 110 valence electrons. The maximum atomic E-state index is 5.69. The number of aryl methyl sites for hydroxylation is 2. The molecule has 2 aromatic carbocycles. The first kappa shape index (κ1) is 14.2. The summed E-state index contributed by atoms with van der Waals surface area (Å²) in [5, 5.41) is 1.11. The molecule has 0 spiro atoms. The zero-order valence-electron chi connectivity index (χ0n) is 12.7. The molecule has 4 N–H and O–H groups in total. The third kappa shape index (κ3) is 2.82. The second-order valence-corrected chi connectivity index (χ2v) is 5.35. The van der Waals surface area contributed by atoms with E-state index in [4.69, 9.17) is 5.84 Å². The van der Waals surface area contributed by atoms with Gasteiger partial charge in [-0.05, 0) is 37.6 Å². The molecule has 1 aromatic heterocycles. The van der Waals surface area contributed by atoms with Crippen LogP contribution in [-0.2, 0) is 0 Å². The largest absolute Gasteiger partial charge is 0.316 e. The van der Waals surface area contributed by atoms with Crippen LogP contribution in [0.4, 0.5) is 5.69 Å². The van der Waals surface area contributed by atoms with E-state index in [0.717, 1.165) is 27.8 Å². The first-order valence-electron chi connectivity index (χ1n) is 7.21. The zero-order valence-corrected chi connectivity index (χ0v) is 12.7. The Bertz CT molecular complexity index is 853. The molecule has 1 heterocycles. The van der Waals surface area contributed by atoms with Gasteiger partial charge in [-0.1, -0.05) is 42.0 Å². The van der Waals surface area contributed by atoms with Crippen LogP contribution in [0.3, 0.4) is 0 Å². The molecule has 0 amide bonds. The summed E-state index contributed by atoms with van der Waals surface area (Å²) >= 11 is 0. The molecular weight excluding hydrogens is 272 g/mol. The van der Waals surface area contributed by atoms with Gasteiger partial charge in [-0.2, -0.15) is 11.3 Å². The summed E-state index contributed by atoms with van der Waals surface area (Å²) in [6, 6.07) is 18.2. The Morgan fingerprint density at radius 3 is 2.64 bits per heavy atom. The average Bonchev–Trinajstić information content (AvgIpc) is 2.54. The SMILES string of the molecule is Cc1ccc([NH+]=C(NN)c2ccc3ccccc3n2)c(C)c1. The Morgan fingerprint density at radius 2 is 1.86 bits per heavy atom.